The van der Waals surface area contributed by atoms with Gasteiger partial charge in [-0.05, 0) is 49.3 Å². The minimum atomic E-state index is -0.508. The third-order valence-corrected chi connectivity index (χ3v) is 5.04. The first-order chi connectivity index (χ1) is 12.0. The predicted molar refractivity (Wildman–Crippen MR) is 103 cm³/mol. The molecule has 2 amide bonds. The Labute approximate surface area is 160 Å². The molecule has 0 aromatic heterocycles. The number of anilines is 1. The van der Waals surface area contributed by atoms with Crippen LogP contribution in [0.2, 0.25) is 0 Å². The van der Waals surface area contributed by atoms with Crippen molar-refractivity contribution >= 4 is 29.9 Å². The molecular weight excluding hydrogens is 354 g/mol. The van der Waals surface area contributed by atoms with E-state index in [4.69, 9.17) is 10.5 Å². The molecule has 6 nitrogen and oxygen atoms in total. The highest BCUT2D eigenvalue weighted by molar-refractivity contribution is 5.94. The fraction of sp³-hybridized carbons (Fsp3) is 0.579. The molecule has 26 heavy (non-hydrogen) atoms. The smallest absolute Gasteiger partial charge is 0.241 e. The summed E-state index contributed by atoms with van der Waals surface area (Å²) < 4.78 is 5.32. The number of hydrogen-bond donors (Lipinski definition) is 2. The molecule has 1 aromatic rings. The van der Waals surface area contributed by atoms with Gasteiger partial charge in [0.2, 0.25) is 11.8 Å². The number of benzene rings is 1. The van der Waals surface area contributed by atoms with E-state index in [2.05, 4.69) is 5.32 Å². The number of hydrogen-bond acceptors (Lipinski definition) is 4. The maximum absolute atomic E-state index is 12.3. The van der Waals surface area contributed by atoms with Crippen molar-refractivity contribution in [2.75, 3.05) is 18.5 Å². The molecule has 0 spiro atoms. The minimum Gasteiger partial charge on any atom is -0.381 e. The maximum Gasteiger partial charge on any atom is 0.241 e. The van der Waals surface area contributed by atoms with E-state index in [1.54, 1.807) is 6.92 Å². The van der Waals surface area contributed by atoms with Gasteiger partial charge >= 0.3 is 0 Å². The SMILES string of the molecule is CC(=O)N(Cc1ccc(NC(=O)C(N)C2CCOCC2)cc1)C1CC1.Cl. The van der Waals surface area contributed by atoms with Crippen molar-refractivity contribution in [3.05, 3.63) is 29.8 Å². The molecule has 1 aliphatic carbocycles. The molecule has 1 aliphatic heterocycles. The molecule has 1 heterocycles. The van der Waals surface area contributed by atoms with E-state index in [0.29, 0.717) is 25.8 Å². The van der Waals surface area contributed by atoms with Crippen molar-refractivity contribution in [1.82, 2.24) is 4.90 Å². The Kier molecular flexibility index (Phi) is 7.43. The van der Waals surface area contributed by atoms with Crippen LogP contribution in [0.3, 0.4) is 0 Å². The predicted octanol–water partition coefficient (Wildman–Crippen LogP) is 2.31. The fourth-order valence-corrected chi connectivity index (χ4v) is 3.29. The lowest BCUT2D eigenvalue weighted by molar-refractivity contribution is -0.130. The van der Waals surface area contributed by atoms with Gasteiger partial charge in [0.25, 0.3) is 0 Å². The molecular formula is C19H28ClN3O3. The Hall–Kier alpha value is -1.63. The number of nitrogens with one attached hydrogen (secondary N) is 1. The Balaban J connectivity index is 0.00000243. The Bertz CT molecular complexity index is 613. The first-order valence-electron chi connectivity index (χ1n) is 9.05. The van der Waals surface area contributed by atoms with Crippen molar-refractivity contribution in [2.24, 2.45) is 11.7 Å². The van der Waals surface area contributed by atoms with Gasteiger partial charge in [-0.2, -0.15) is 0 Å². The number of carbonyl (C=O) groups is 2. The van der Waals surface area contributed by atoms with Crippen LogP contribution in [0.25, 0.3) is 0 Å². The lowest BCUT2D eigenvalue weighted by Gasteiger charge is -2.26. The molecule has 144 valence electrons. The second-order valence-electron chi connectivity index (χ2n) is 7.04. The lowest BCUT2D eigenvalue weighted by atomic mass is 9.92. The van der Waals surface area contributed by atoms with E-state index in [0.717, 1.165) is 36.9 Å². The van der Waals surface area contributed by atoms with E-state index < -0.39 is 6.04 Å². The molecule has 3 rings (SSSR count). The molecule has 2 fully saturated rings. The van der Waals surface area contributed by atoms with Gasteiger partial charge in [0.05, 0.1) is 6.04 Å². The number of amides is 2. The topological polar surface area (TPSA) is 84.7 Å². The van der Waals surface area contributed by atoms with Gasteiger partial charge in [-0.1, -0.05) is 12.1 Å². The zero-order chi connectivity index (χ0) is 17.8. The van der Waals surface area contributed by atoms with Crippen LogP contribution in [0.1, 0.15) is 38.2 Å². The Morgan fingerprint density at radius 1 is 1.19 bits per heavy atom. The second kappa shape index (κ2) is 9.35. The molecule has 3 N–H and O–H groups in total. The van der Waals surface area contributed by atoms with Crippen molar-refractivity contribution in [2.45, 2.75) is 51.2 Å². The number of nitrogens with zero attached hydrogens (tertiary/aromatic N) is 1. The van der Waals surface area contributed by atoms with Gasteiger partial charge in [0, 0.05) is 38.4 Å². The summed E-state index contributed by atoms with van der Waals surface area (Å²) in [6.07, 6.45) is 3.85. The largest absolute Gasteiger partial charge is 0.381 e. The Morgan fingerprint density at radius 2 is 1.81 bits per heavy atom. The summed E-state index contributed by atoms with van der Waals surface area (Å²) in [5.41, 5.74) is 7.89. The normalized spacial score (nSPS) is 18.5. The fourth-order valence-electron chi connectivity index (χ4n) is 3.29. The quantitative estimate of drug-likeness (QED) is 0.791. The van der Waals surface area contributed by atoms with Gasteiger partial charge in [0.15, 0.2) is 0 Å². The second-order valence-corrected chi connectivity index (χ2v) is 7.04. The van der Waals surface area contributed by atoms with Crippen molar-refractivity contribution in [3.63, 3.8) is 0 Å². The molecule has 1 saturated carbocycles. The summed E-state index contributed by atoms with van der Waals surface area (Å²) >= 11 is 0. The van der Waals surface area contributed by atoms with E-state index in [-0.39, 0.29) is 30.1 Å². The van der Waals surface area contributed by atoms with Crippen molar-refractivity contribution in [1.29, 1.82) is 0 Å². The first kappa shape index (κ1) is 20.7. The van der Waals surface area contributed by atoms with E-state index in [1.807, 2.05) is 29.2 Å². The average Bonchev–Trinajstić information content (AvgIpc) is 3.45. The van der Waals surface area contributed by atoms with Crippen LogP contribution in [0.4, 0.5) is 5.69 Å². The summed E-state index contributed by atoms with van der Waals surface area (Å²) in [6, 6.07) is 7.53. The highest BCUT2D eigenvalue weighted by Crippen LogP contribution is 2.28. The third kappa shape index (κ3) is 5.43. The number of ether oxygens (including phenoxy) is 1. The molecule has 1 atom stereocenters. The summed E-state index contributed by atoms with van der Waals surface area (Å²) in [7, 11) is 0. The lowest BCUT2D eigenvalue weighted by Crippen LogP contribution is -2.44. The van der Waals surface area contributed by atoms with Crippen LogP contribution in [0.15, 0.2) is 24.3 Å². The summed E-state index contributed by atoms with van der Waals surface area (Å²) in [5, 5.41) is 2.89. The summed E-state index contributed by atoms with van der Waals surface area (Å²) in [5.74, 6) is 0.140. The van der Waals surface area contributed by atoms with Crippen LogP contribution >= 0.6 is 12.4 Å². The monoisotopic (exact) mass is 381 g/mol. The van der Waals surface area contributed by atoms with E-state index in [9.17, 15) is 9.59 Å². The van der Waals surface area contributed by atoms with Crippen LogP contribution in [0, 0.1) is 5.92 Å². The van der Waals surface area contributed by atoms with Gasteiger partial charge in [-0.3, -0.25) is 9.59 Å². The molecule has 7 heteroatoms. The van der Waals surface area contributed by atoms with Gasteiger partial charge in [-0.25, -0.2) is 0 Å². The van der Waals surface area contributed by atoms with Crippen LogP contribution in [-0.4, -0.2) is 42.0 Å². The molecule has 1 aromatic carbocycles. The highest BCUT2D eigenvalue weighted by atomic mass is 35.5. The highest BCUT2D eigenvalue weighted by Gasteiger charge is 2.30. The zero-order valence-corrected chi connectivity index (χ0v) is 16.0. The number of nitrogens with two attached hydrogens (primary N) is 1. The van der Waals surface area contributed by atoms with E-state index >= 15 is 0 Å². The van der Waals surface area contributed by atoms with Crippen molar-refractivity contribution < 1.29 is 14.3 Å². The zero-order valence-electron chi connectivity index (χ0n) is 15.1. The van der Waals surface area contributed by atoms with Crippen molar-refractivity contribution in [3.8, 4) is 0 Å². The third-order valence-electron chi connectivity index (χ3n) is 5.04. The number of halogens is 1. The van der Waals surface area contributed by atoms with Crippen LogP contribution in [-0.2, 0) is 20.9 Å². The molecule has 1 saturated heterocycles. The van der Waals surface area contributed by atoms with Gasteiger partial charge < -0.3 is 20.7 Å². The summed E-state index contributed by atoms with van der Waals surface area (Å²) in [6.45, 7) is 3.59. The molecule has 2 aliphatic rings. The maximum atomic E-state index is 12.3. The van der Waals surface area contributed by atoms with E-state index in [1.165, 1.54) is 0 Å². The first-order valence-corrected chi connectivity index (χ1v) is 9.05. The Morgan fingerprint density at radius 3 is 2.35 bits per heavy atom. The number of rotatable bonds is 6. The van der Waals surface area contributed by atoms with Crippen LogP contribution in [0.5, 0.6) is 0 Å². The summed E-state index contributed by atoms with van der Waals surface area (Å²) in [4.78, 5) is 26.0. The number of carbonyl (C=O) groups excluding carboxylic acids is 2. The van der Waals surface area contributed by atoms with Gasteiger partial charge in [-0.15, -0.1) is 12.4 Å². The minimum absolute atomic E-state index is 0. The molecule has 0 radical (unpaired) electrons. The average molecular weight is 382 g/mol. The molecule has 1 unspecified atom stereocenters. The molecule has 0 bridgehead atoms. The van der Waals surface area contributed by atoms with Crippen LogP contribution < -0.4 is 11.1 Å². The van der Waals surface area contributed by atoms with Gasteiger partial charge in [0.1, 0.15) is 0 Å². The standard InChI is InChI=1S/C19H27N3O3.ClH/c1-13(23)22(17-6-7-17)12-14-2-4-16(5-3-14)21-19(24)18(20)15-8-10-25-11-9-15;/h2-5,15,17-18H,6-12,20H2,1H3,(H,21,24);1H.